The highest BCUT2D eigenvalue weighted by molar-refractivity contribution is 5.31. The van der Waals surface area contributed by atoms with E-state index in [1.54, 1.807) is 7.11 Å². The summed E-state index contributed by atoms with van der Waals surface area (Å²) < 4.78 is 5.19. The van der Waals surface area contributed by atoms with E-state index in [0.29, 0.717) is 0 Å². The van der Waals surface area contributed by atoms with Gasteiger partial charge in [0, 0.05) is 0 Å². The third-order valence-corrected chi connectivity index (χ3v) is 4.51. The summed E-state index contributed by atoms with van der Waals surface area (Å²) in [6, 6.07) is 8.64. The van der Waals surface area contributed by atoms with Gasteiger partial charge in [0.1, 0.15) is 5.75 Å². The van der Waals surface area contributed by atoms with Crippen molar-refractivity contribution in [1.82, 2.24) is 0 Å². The van der Waals surface area contributed by atoms with Gasteiger partial charge in [-0.05, 0) is 60.6 Å². The third kappa shape index (κ3) is 1.53. The van der Waals surface area contributed by atoms with Crippen LogP contribution in [0.3, 0.4) is 0 Å². The second kappa shape index (κ2) is 3.51. The summed E-state index contributed by atoms with van der Waals surface area (Å²) in [5.41, 5.74) is 2.26. The largest absolute Gasteiger partial charge is 0.497 e. The average Bonchev–Trinajstić information content (AvgIpc) is 2.22. The van der Waals surface area contributed by atoms with E-state index in [-0.39, 0.29) is 0 Å². The molecule has 1 nitrogen and oxygen atoms in total. The van der Waals surface area contributed by atoms with Crippen molar-refractivity contribution in [3.05, 3.63) is 29.8 Å². The van der Waals surface area contributed by atoms with Crippen LogP contribution in [-0.2, 0) is 0 Å². The molecule has 1 aromatic carbocycles. The fourth-order valence-corrected chi connectivity index (χ4v) is 3.85. The minimum atomic E-state index is 0.754. The molecule has 0 unspecified atom stereocenters. The Balaban J connectivity index is 1.63. The summed E-state index contributed by atoms with van der Waals surface area (Å²) >= 11 is 0. The predicted molar refractivity (Wildman–Crippen MR) is 65.8 cm³/mol. The molecule has 0 bridgehead atoms. The zero-order valence-corrected chi connectivity index (χ0v) is 10.2. The Bertz CT molecular complexity index is 365. The minimum Gasteiger partial charge on any atom is -0.497 e. The maximum atomic E-state index is 5.19. The first-order chi connectivity index (χ1) is 7.71. The third-order valence-electron chi connectivity index (χ3n) is 4.51. The van der Waals surface area contributed by atoms with Gasteiger partial charge >= 0.3 is 0 Å². The van der Waals surface area contributed by atoms with Crippen LogP contribution in [0.15, 0.2) is 24.3 Å². The zero-order chi connectivity index (χ0) is 11.2. The quantitative estimate of drug-likeness (QED) is 0.726. The summed E-state index contributed by atoms with van der Waals surface area (Å²) in [5, 5.41) is 0. The number of methoxy groups -OCH3 is 1. The molecule has 0 N–H and O–H groups in total. The lowest BCUT2D eigenvalue weighted by molar-refractivity contribution is -0.0341. The highest BCUT2D eigenvalue weighted by Gasteiger charge is 2.51. The highest BCUT2D eigenvalue weighted by Crippen LogP contribution is 2.63. The summed E-state index contributed by atoms with van der Waals surface area (Å²) in [7, 11) is 1.73. The Labute approximate surface area is 97.8 Å². The van der Waals surface area contributed by atoms with Crippen LogP contribution in [0.25, 0.3) is 0 Å². The van der Waals surface area contributed by atoms with Crippen LogP contribution >= 0.6 is 0 Å². The number of hydrogen-bond acceptors (Lipinski definition) is 1. The first-order valence-corrected chi connectivity index (χ1v) is 6.35. The maximum Gasteiger partial charge on any atom is 0.118 e. The molecule has 16 heavy (non-hydrogen) atoms. The van der Waals surface area contributed by atoms with Crippen LogP contribution in [0.2, 0.25) is 0 Å². The number of ether oxygens (including phenoxy) is 1. The fourth-order valence-electron chi connectivity index (χ4n) is 3.85. The molecule has 0 aromatic heterocycles. The van der Waals surface area contributed by atoms with Crippen molar-refractivity contribution in [3.8, 4) is 5.75 Å². The van der Waals surface area contributed by atoms with Gasteiger partial charge in [0.05, 0.1) is 7.11 Å². The number of hydrogen-bond donors (Lipinski definition) is 0. The van der Waals surface area contributed by atoms with Crippen LogP contribution in [0.1, 0.15) is 44.1 Å². The van der Waals surface area contributed by atoms with Crippen molar-refractivity contribution in [3.63, 3.8) is 0 Å². The fraction of sp³-hybridized carbons (Fsp3) is 0.600. The van der Waals surface area contributed by atoms with Gasteiger partial charge in [-0.3, -0.25) is 0 Å². The topological polar surface area (TPSA) is 9.23 Å². The van der Waals surface area contributed by atoms with Crippen molar-refractivity contribution >= 4 is 0 Å². The summed E-state index contributed by atoms with van der Waals surface area (Å²) in [4.78, 5) is 0. The van der Waals surface area contributed by atoms with E-state index in [9.17, 15) is 0 Å². The van der Waals surface area contributed by atoms with E-state index in [4.69, 9.17) is 4.74 Å². The molecule has 2 aliphatic carbocycles. The van der Waals surface area contributed by atoms with E-state index in [2.05, 4.69) is 31.2 Å². The lowest BCUT2D eigenvalue weighted by atomic mass is 9.47. The molecule has 0 amide bonds. The predicted octanol–water partition coefficient (Wildman–Crippen LogP) is 3.99. The van der Waals surface area contributed by atoms with Gasteiger partial charge in [0.15, 0.2) is 0 Å². The van der Waals surface area contributed by atoms with Gasteiger partial charge in [-0.1, -0.05) is 19.1 Å². The first kappa shape index (κ1) is 10.2. The second-order valence-corrected chi connectivity index (χ2v) is 5.89. The zero-order valence-electron chi connectivity index (χ0n) is 10.2. The molecule has 1 heteroatoms. The Kier molecular flexibility index (Phi) is 2.24. The SMILES string of the molecule is COc1ccc(C2CC3(CC(C)C3)C2)cc1. The van der Waals surface area contributed by atoms with Gasteiger partial charge in [0.25, 0.3) is 0 Å². The Hall–Kier alpha value is -0.980. The van der Waals surface area contributed by atoms with Crippen molar-refractivity contribution < 1.29 is 4.74 Å². The van der Waals surface area contributed by atoms with Crippen LogP contribution in [0.5, 0.6) is 5.75 Å². The van der Waals surface area contributed by atoms with E-state index in [0.717, 1.165) is 23.0 Å². The minimum absolute atomic E-state index is 0.754. The summed E-state index contributed by atoms with van der Waals surface area (Å²) in [6.45, 7) is 2.38. The molecule has 1 spiro atoms. The molecule has 2 fully saturated rings. The molecule has 0 radical (unpaired) electrons. The van der Waals surface area contributed by atoms with E-state index < -0.39 is 0 Å². The van der Waals surface area contributed by atoms with Gasteiger partial charge < -0.3 is 4.74 Å². The lowest BCUT2D eigenvalue weighted by Gasteiger charge is -2.57. The molecule has 0 heterocycles. The van der Waals surface area contributed by atoms with Gasteiger partial charge in [-0.15, -0.1) is 0 Å². The normalized spacial score (nSPS) is 36.6. The van der Waals surface area contributed by atoms with Crippen LogP contribution in [0.4, 0.5) is 0 Å². The molecule has 0 aliphatic heterocycles. The summed E-state index contributed by atoms with van der Waals surface area (Å²) in [5.74, 6) is 2.77. The maximum absolute atomic E-state index is 5.19. The molecule has 0 saturated heterocycles. The van der Waals surface area contributed by atoms with Gasteiger partial charge in [-0.25, -0.2) is 0 Å². The smallest absolute Gasteiger partial charge is 0.118 e. The lowest BCUT2D eigenvalue weighted by Crippen LogP contribution is -2.45. The molecular weight excluding hydrogens is 196 g/mol. The van der Waals surface area contributed by atoms with E-state index in [1.807, 2.05) is 0 Å². The van der Waals surface area contributed by atoms with E-state index >= 15 is 0 Å². The van der Waals surface area contributed by atoms with Crippen molar-refractivity contribution in [2.75, 3.05) is 7.11 Å². The number of benzene rings is 1. The van der Waals surface area contributed by atoms with Gasteiger partial charge in [0.2, 0.25) is 0 Å². The second-order valence-electron chi connectivity index (χ2n) is 5.89. The molecule has 1 aromatic rings. The summed E-state index contributed by atoms with van der Waals surface area (Å²) in [6.07, 6.45) is 5.78. The van der Waals surface area contributed by atoms with Gasteiger partial charge in [-0.2, -0.15) is 0 Å². The number of rotatable bonds is 2. The molecule has 0 atom stereocenters. The molecule has 2 aliphatic rings. The van der Waals surface area contributed by atoms with Crippen LogP contribution in [-0.4, -0.2) is 7.11 Å². The van der Waals surface area contributed by atoms with E-state index in [1.165, 1.54) is 31.2 Å². The molecular formula is C15H20O. The molecule has 2 saturated carbocycles. The Morgan fingerprint density at radius 3 is 2.19 bits per heavy atom. The monoisotopic (exact) mass is 216 g/mol. The van der Waals surface area contributed by atoms with Crippen LogP contribution < -0.4 is 4.74 Å². The Morgan fingerprint density at radius 2 is 1.69 bits per heavy atom. The average molecular weight is 216 g/mol. The van der Waals surface area contributed by atoms with Crippen molar-refractivity contribution in [2.24, 2.45) is 11.3 Å². The van der Waals surface area contributed by atoms with Crippen molar-refractivity contribution in [1.29, 1.82) is 0 Å². The standard InChI is InChI=1S/C15H20O/c1-11-7-15(8-11)9-13(10-15)12-3-5-14(16-2)6-4-12/h3-6,11,13H,7-10H2,1-2H3. The van der Waals surface area contributed by atoms with Crippen LogP contribution in [0, 0.1) is 11.3 Å². The molecule has 3 rings (SSSR count). The van der Waals surface area contributed by atoms with Crippen molar-refractivity contribution in [2.45, 2.75) is 38.5 Å². The molecule has 86 valence electrons. The highest BCUT2D eigenvalue weighted by atomic mass is 16.5. The Morgan fingerprint density at radius 1 is 1.06 bits per heavy atom. The first-order valence-electron chi connectivity index (χ1n) is 6.35.